The fourth-order valence-electron chi connectivity index (χ4n) is 0.657. The summed E-state index contributed by atoms with van der Waals surface area (Å²) in [5.74, 6) is 0.346. The van der Waals surface area contributed by atoms with Crippen molar-refractivity contribution < 1.29 is 17.9 Å². The summed E-state index contributed by atoms with van der Waals surface area (Å²) >= 11 is 5.36. The van der Waals surface area contributed by atoms with Crippen molar-refractivity contribution in [1.82, 2.24) is 9.44 Å². The number of nitrogens with one attached hydrogen (secondary N) is 2. The lowest BCUT2D eigenvalue weighted by atomic mass is 10.5. The van der Waals surface area contributed by atoms with Gasteiger partial charge in [-0.2, -0.15) is 13.1 Å². The van der Waals surface area contributed by atoms with Crippen molar-refractivity contribution in [3.05, 3.63) is 0 Å². The average molecular weight is 259 g/mol. The third-order valence-electron chi connectivity index (χ3n) is 1.16. The Morgan fingerprint density at radius 1 is 1.47 bits per heavy atom. The van der Waals surface area contributed by atoms with Gasteiger partial charge in [-0.15, -0.1) is 11.6 Å². The molecule has 0 aromatic carbocycles. The zero-order chi connectivity index (χ0) is 11.9. The second-order valence-electron chi connectivity index (χ2n) is 3.00. The van der Waals surface area contributed by atoms with E-state index in [-0.39, 0.29) is 12.6 Å². The third-order valence-corrected chi connectivity index (χ3v) is 2.45. The first-order chi connectivity index (χ1) is 6.87. The number of amides is 1. The van der Waals surface area contributed by atoms with Gasteiger partial charge in [-0.05, 0) is 20.3 Å². The molecule has 8 heteroatoms. The van der Waals surface area contributed by atoms with Gasteiger partial charge in [0.15, 0.2) is 0 Å². The van der Waals surface area contributed by atoms with E-state index in [0.29, 0.717) is 12.3 Å². The summed E-state index contributed by atoms with van der Waals surface area (Å²) in [6.07, 6.45) is -0.881. The fourth-order valence-corrected chi connectivity index (χ4v) is 1.54. The van der Waals surface area contributed by atoms with Gasteiger partial charge in [-0.1, -0.05) is 0 Å². The van der Waals surface area contributed by atoms with Crippen molar-refractivity contribution in [2.24, 2.45) is 0 Å². The molecule has 0 bridgehead atoms. The lowest BCUT2D eigenvalue weighted by Crippen LogP contribution is -2.41. The van der Waals surface area contributed by atoms with Crippen LogP contribution in [0.15, 0.2) is 0 Å². The Morgan fingerprint density at radius 3 is 2.53 bits per heavy atom. The predicted molar refractivity (Wildman–Crippen MR) is 57.0 cm³/mol. The molecule has 0 rings (SSSR count). The summed E-state index contributed by atoms with van der Waals surface area (Å²) in [5.41, 5.74) is 0. The highest BCUT2D eigenvalue weighted by Crippen LogP contribution is 1.90. The molecule has 0 aliphatic rings. The summed E-state index contributed by atoms with van der Waals surface area (Å²) < 4.78 is 30.7. The Labute approximate surface area is 94.5 Å². The van der Waals surface area contributed by atoms with Crippen molar-refractivity contribution in [3.63, 3.8) is 0 Å². The monoisotopic (exact) mass is 258 g/mol. The topological polar surface area (TPSA) is 84.5 Å². The molecule has 0 saturated heterocycles. The molecule has 90 valence electrons. The van der Waals surface area contributed by atoms with E-state index in [1.807, 2.05) is 0 Å². The van der Waals surface area contributed by atoms with Crippen molar-refractivity contribution >= 4 is 27.9 Å². The Hall–Kier alpha value is -0.530. The van der Waals surface area contributed by atoms with Crippen LogP contribution >= 0.6 is 11.6 Å². The smallest absolute Gasteiger partial charge is 0.422 e. The SMILES string of the molecule is CC(C)OC(=O)NS(=O)(=O)NCCCCl. The molecule has 0 radical (unpaired) electrons. The van der Waals surface area contributed by atoms with Crippen LogP contribution in [0, 0.1) is 0 Å². The highest BCUT2D eigenvalue weighted by Gasteiger charge is 2.15. The van der Waals surface area contributed by atoms with E-state index in [1.54, 1.807) is 18.6 Å². The molecule has 2 N–H and O–H groups in total. The normalized spacial score (nSPS) is 11.5. The lowest BCUT2D eigenvalue weighted by molar-refractivity contribution is 0.121. The maximum absolute atomic E-state index is 11.1. The van der Waals surface area contributed by atoms with Crippen LogP contribution < -0.4 is 9.44 Å². The van der Waals surface area contributed by atoms with E-state index in [9.17, 15) is 13.2 Å². The standard InChI is InChI=1S/C7H15ClN2O4S/c1-6(2)14-7(11)10-15(12,13)9-5-3-4-8/h6,9H,3-5H2,1-2H3,(H,10,11). The van der Waals surface area contributed by atoms with Crippen LogP contribution in [-0.2, 0) is 14.9 Å². The van der Waals surface area contributed by atoms with Crippen LogP contribution in [-0.4, -0.2) is 33.0 Å². The van der Waals surface area contributed by atoms with Gasteiger partial charge < -0.3 is 4.74 Å². The predicted octanol–water partition coefficient (Wildman–Crippen LogP) is 0.584. The number of carbonyl (C=O) groups is 1. The zero-order valence-electron chi connectivity index (χ0n) is 8.62. The number of hydrogen-bond donors (Lipinski definition) is 2. The molecule has 0 aliphatic carbocycles. The van der Waals surface area contributed by atoms with Crippen molar-refractivity contribution in [3.8, 4) is 0 Å². The van der Waals surface area contributed by atoms with Gasteiger partial charge in [0.05, 0.1) is 6.10 Å². The Morgan fingerprint density at radius 2 is 2.07 bits per heavy atom. The van der Waals surface area contributed by atoms with Crippen molar-refractivity contribution in [2.45, 2.75) is 26.4 Å². The van der Waals surface area contributed by atoms with Gasteiger partial charge >= 0.3 is 16.3 Å². The number of carbonyl (C=O) groups excluding carboxylic acids is 1. The van der Waals surface area contributed by atoms with Crippen LogP contribution in [0.4, 0.5) is 4.79 Å². The van der Waals surface area contributed by atoms with Gasteiger partial charge in [0.1, 0.15) is 0 Å². The molecular weight excluding hydrogens is 244 g/mol. The van der Waals surface area contributed by atoms with E-state index in [1.165, 1.54) is 0 Å². The van der Waals surface area contributed by atoms with Crippen molar-refractivity contribution in [2.75, 3.05) is 12.4 Å². The van der Waals surface area contributed by atoms with Crippen LogP contribution in [0.5, 0.6) is 0 Å². The first kappa shape index (κ1) is 14.5. The second kappa shape index (κ2) is 6.86. The fraction of sp³-hybridized carbons (Fsp3) is 0.857. The number of rotatable bonds is 6. The van der Waals surface area contributed by atoms with E-state index in [4.69, 9.17) is 11.6 Å². The van der Waals surface area contributed by atoms with E-state index >= 15 is 0 Å². The van der Waals surface area contributed by atoms with Crippen molar-refractivity contribution in [1.29, 1.82) is 0 Å². The Balaban J connectivity index is 3.97. The molecule has 0 saturated carbocycles. The molecule has 15 heavy (non-hydrogen) atoms. The quantitative estimate of drug-likeness (QED) is 0.539. The Bertz CT molecular complexity index is 291. The molecule has 0 aliphatic heterocycles. The van der Waals surface area contributed by atoms with Crippen LogP contribution in [0.25, 0.3) is 0 Å². The molecule has 1 amide bonds. The van der Waals surface area contributed by atoms with Gasteiger partial charge in [0.2, 0.25) is 0 Å². The largest absolute Gasteiger partial charge is 0.446 e. The van der Waals surface area contributed by atoms with Crippen LogP contribution in [0.3, 0.4) is 0 Å². The number of hydrogen-bond acceptors (Lipinski definition) is 4. The molecule has 0 aromatic rings. The molecule has 0 fully saturated rings. The highest BCUT2D eigenvalue weighted by molar-refractivity contribution is 7.88. The maximum atomic E-state index is 11.1. The minimum Gasteiger partial charge on any atom is -0.446 e. The lowest BCUT2D eigenvalue weighted by Gasteiger charge is -2.10. The highest BCUT2D eigenvalue weighted by atomic mass is 35.5. The molecule has 0 heterocycles. The summed E-state index contributed by atoms with van der Waals surface area (Å²) in [5, 5.41) is 0. The van der Waals surface area contributed by atoms with Crippen LogP contribution in [0.2, 0.25) is 0 Å². The van der Waals surface area contributed by atoms with E-state index in [0.717, 1.165) is 0 Å². The first-order valence-corrected chi connectivity index (χ1v) is 6.43. The molecule has 6 nitrogen and oxygen atoms in total. The second-order valence-corrected chi connectivity index (χ2v) is 4.87. The molecule has 0 spiro atoms. The molecule has 0 unspecified atom stereocenters. The number of halogens is 1. The summed E-state index contributed by atoms with van der Waals surface area (Å²) in [4.78, 5) is 10.9. The maximum Gasteiger partial charge on any atom is 0.422 e. The third kappa shape index (κ3) is 8.46. The molecule has 0 aromatic heterocycles. The summed E-state index contributed by atoms with van der Waals surface area (Å²) in [6.45, 7) is 3.41. The van der Waals surface area contributed by atoms with Gasteiger partial charge in [-0.3, -0.25) is 0 Å². The van der Waals surface area contributed by atoms with Gasteiger partial charge in [-0.25, -0.2) is 9.52 Å². The minimum absolute atomic E-state index is 0.174. The van der Waals surface area contributed by atoms with Gasteiger partial charge in [0.25, 0.3) is 0 Å². The minimum atomic E-state index is -3.83. The number of ether oxygens (including phenoxy) is 1. The summed E-state index contributed by atoms with van der Waals surface area (Å²) in [7, 11) is -3.83. The summed E-state index contributed by atoms with van der Waals surface area (Å²) in [6, 6.07) is 0. The Kier molecular flexibility index (Phi) is 6.62. The number of alkyl halides is 1. The van der Waals surface area contributed by atoms with Gasteiger partial charge in [0, 0.05) is 12.4 Å². The van der Waals surface area contributed by atoms with E-state index in [2.05, 4.69) is 9.46 Å². The average Bonchev–Trinajstić information content (AvgIpc) is 2.00. The van der Waals surface area contributed by atoms with E-state index < -0.39 is 16.3 Å². The zero-order valence-corrected chi connectivity index (χ0v) is 10.2. The molecular formula is C7H15ClN2O4S. The van der Waals surface area contributed by atoms with Crippen LogP contribution in [0.1, 0.15) is 20.3 Å². The first-order valence-electron chi connectivity index (χ1n) is 4.41. The molecule has 0 atom stereocenters.